The predicted octanol–water partition coefficient (Wildman–Crippen LogP) is 2.90. The lowest BCUT2D eigenvalue weighted by molar-refractivity contribution is -0.216. The van der Waals surface area contributed by atoms with Crippen molar-refractivity contribution in [2.24, 2.45) is 0 Å². The van der Waals surface area contributed by atoms with E-state index in [2.05, 4.69) is 9.78 Å². The molecule has 0 saturated carbocycles. The molecular weight excluding hydrogens is 212 g/mol. The average Bonchev–Trinajstić information content (AvgIpc) is 2.29. The molecule has 1 aromatic heterocycles. The molecule has 0 radical (unpaired) electrons. The summed E-state index contributed by atoms with van der Waals surface area (Å²) >= 11 is 1.50. The van der Waals surface area contributed by atoms with Gasteiger partial charge in [0.2, 0.25) is 21.4 Å². The molecule has 4 heteroatoms. The Labute approximate surface area is 90.8 Å². The van der Waals surface area contributed by atoms with Crippen molar-refractivity contribution in [2.45, 2.75) is 0 Å². The van der Waals surface area contributed by atoms with Gasteiger partial charge in [-0.05, 0) is 12.1 Å². The summed E-state index contributed by atoms with van der Waals surface area (Å²) in [6.45, 7) is 0. The van der Waals surface area contributed by atoms with Crippen molar-refractivity contribution >= 4 is 27.4 Å². The summed E-state index contributed by atoms with van der Waals surface area (Å²) in [5, 5.41) is 2.78. The van der Waals surface area contributed by atoms with Crippen molar-refractivity contribution in [3.8, 4) is 0 Å². The van der Waals surface area contributed by atoms with Crippen LogP contribution in [0.25, 0.3) is 10.1 Å². The highest BCUT2D eigenvalue weighted by Gasteiger charge is 2.14. The Morgan fingerprint density at radius 3 is 2.93 bits per heavy atom. The van der Waals surface area contributed by atoms with Gasteiger partial charge in [0.15, 0.2) is 0 Å². The SMILES string of the molecule is COOC(=O)c1c[s+]c2ccccc2c1. The molecule has 2 rings (SSSR count). The fourth-order valence-electron chi connectivity index (χ4n) is 1.27. The predicted molar refractivity (Wildman–Crippen MR) is 58.7 cm³/mol. The van der Waals surface area contributed by atoms with Crippen molar-refractivity contribution in [3.63, 3.8) is 0 Å². The van der Waals surface area contributed by atoms with E-state index in [1.807, 2.05) is 24.3 Å². The van der Waals surface area contributed by atoms with Crippen molar-refractivity contribution in [1.82, 2.24) is 0 Å². The summed E-state index contributed by atoms with van der Waals surface area (Å²) in [6, 6.07) is 9.64. The third kappa shape index (κ3) is 2.11. The third-order valence-electron chi connectivity index (χ3n) is 1.94. The Bertz CT molecular complexity index is 496. The lowest BCUT2D eigenvalue weighted by atomic mass is 10.2. The first kappa shape index (κ1) is 10.0. The summed E-state index contributed by atoms with van der Waals surface area (Å²) in [5.41, 5.74) is 0.501. The minimum Gasteiger partial charge on any atom is -0.293 e. The molecule has 0 spiro atoms. The van der Waals surface area contributed by atoms with Crippen LogP contribution in [-0.4, -0.2) is 13.1 Å². The normalized spacial score (nSPS) is 10.2. The highest BCUT2D eigenvalue weighted by molar-refractivity contribution is 7.16. The second-order valence-corrected chi connectivity index (χ2v) is 3.82. The van der Waals surface area contributed by atoms with Gasteiger partial charge in [0.1, 0.15) is 5.56 Å². The van der Waals surface area contributed by atoms with Gasteiger partial charge in [-0.15, -0.1) is 0 Å². The number of fused-ring (bicyclic) bond motifs is 1. The molecule has 0 unspecified atom stereocenters. The van der Waals surface area contributed by atoms with Gasteiger partial charge < -0.3 is 0 Å². The lowest BCUT2D eigenvalue weighted by Gasteiger charge is -1.96. The molecule has 0 atom stereocenters. The molecular formula is C11H9O3S+. The maximum absolute atomic E-state index is 11.3. The molecule has 0 aliphatic rings. The quantitative estimate of drug-likeness (QED) is 0.444. The van der Waals surface area contributed by atoms with Gasteiger partial charge in [0, 0.05) is 11.5 Å². The number of rotatable bonds is 2. The van der Waals surface area contributed by atoms with Crippen LogP contribution < -0.4 is 0 Å². The average molecular weight is 221 g/mol. The molecule has 0 fully saturated rings. The summed E-state index contributed by atoms with van der Waals surface area (Å²) in [4.78, 5) is 20.1. The van der Waals surface area contributed by atoms with Gasteiger partial charge in [-0.2, -0.15) is 4.89 Å². The molecule has 0 saturated heterocycles. The van der Waals surface area contributed by atoms with Crippen LogP contribution in [0.15, 0.2) is 35.7 Å². The highest BCUT2D eigenvalue weighted by Crippen LogP contribution is 2.20. The van der Waals surface area contributed by atoms with E-state index < -0.39 is 5.97 Å². The monoisotopic (exact) mass is 221 g/mol. The summed E-state index contributed by atoms with van der Waals surface area (Å²) in [5.74, 6) is -0.473. The van der Waals surface area contributed by atoms with E-state index in [0.29, 0.717) is 5.56 Å². The molecule has 1 aromatic carbocycles. The minimum absolute atomic E-state index is 0.473. The van der Waals surface area contributed by atoms with Crippen LogP contribution in [0, 0.1) is 0 Å². The van der Waals surface area contributed by atoms with E-state index >= 15 is 0 Å². The smallest absolute Gasteiger partial charge is 0.293 e. The topological polar surface area (TPSA) is 35.5 Å². The highest BCUT2D eigenvalue weighted by atomic mass is 32.1. The van der Waals surface area contributed by atoms with Gasteiger partial charge in [-0.3, -0.25) is 4.89 Å². The molecule has 1 heterocycles. The summed E-state index contributed by atoms with van der Waals surface area (Å²) in [7, 11) is 1.31. The van der Waals surface area contributed by atoms with E-state index in [1.165, 1.54) is 18.4 Å². The molecule has 15 heavy (non-hydrogen) atoms. The largest absolute Gasteiger partial charge is 0.378 e. The molecule has 2 aromatic rings. The minimum atomic E-state index is -0.473. The van der Waals surface area contributed by atoms with Gasteiger partial charge in [-0.25, -0.2) is 4.79 Å². The lowest BCUT2D eigenvalue weighted by Crippen LogP contribution is -2.03. The van der Waals surface area contributed by atoms with Crippen molar-refractivity contribution in [3.05, 3.63) is 41.3 Å². The van der Waals surface area contributed by atoms with E-state index in [9.17, 15) is 4.79 Å². The van der Waals surface area contributed by atoms with Crippen LogP contribution in [0.2, 0.25) is 0 Å². The van der Waals surface area contributed by atoms with Crippen molar-refractivity contribution in [1.29, 1.82) is 0 Å². The zero-order valence-corrected chi connectivity index (χ0v) is 8.91. The third-order valence-corrected chi connectivity index (χ3v) is 2.94. The fourth-order valence-corrected chi connectivity index (χ4v) is 2.10. The molecule has 0 bridgehead atoms. The maximum Gasteiger partial charge on any atom is 0.378 e. The Morgan fingerprint density at radius 1 is 1.33 bits per heavy atom. The van der Waals surface area contributed by atoms with Crippen molar-refractivity contribution in [2.75, 3.05) is 7.11 Å². The number of hydrogen-bond acceptors (Lipinski definition) is 3. The fraction of sp³-hybridized carbons (Fsp3) is 0.0909. The number of hydrogen-bond donors (Lipinski definition) is 0. The molecule has 0 aliphatic carbocycles. The zero-order chi connectivity index (χ0) is 10.7. The van der Waals surface area contributed by atoms with Crippen molar-refractivity contribution < 1.29 is 14.6 Å². The van der Waals surface area contributed by atoms with E-state index in [1.54, 1.807) is 11.4 Å². The molecule has 0 N–H and O–H groups in total. The first-order chi connectivity index (χ1) is 7.31. The number of benzene rings is 1. The van der Waals surface area contributed by atoms with Gasteiger partial charge in [0.05, 0.1) is 7.11 Å². The van der Waals surface area contributed by atoms with Gasteiger partial charge in [-0.1, -0.05) is 12.1 Å². The second kappa shape index (κ2) is 4.33. The van der Waals surface area contributed by atoms with E-state index in [4.69, 9.17) is 0 Å². The molecule has 0 aliphatic heterocycles. The summed E-state index contributed by atoms with van der Waals surface area (Å²) in [6.07, 6.45) is 0. The van der Waals surface area contributed by atoms with Gasteiger partial charge >= 0.3 is 5.97 Å². The zero-order valence-electron chi connectivity index (χ0n) is 8.10. The van der Waals surface area contributed by atoms with Crippen LogP contribution in [0.4, 0.5) is 0 Å². The van der Waals surface area contributed by atoms with Crippen LogP contribution in [0.1, 0.15) is 10.4 Å². The Kier molecular flexibility index (Phi) is 2.89. The second-order valence-electron chi connectivity index (χ2n) is 2.91. The standard InChI is InChI=1S/C11H9O3S/c1-13-14-11(12)9-6-8-4-2-3-5-10(8)15-7-9/h2-7H,1H3/q+1. The van der Waals surface area contributed by atoms with Crippen LogP contribution in [0.5, 0.6) is 0 Å². The van der Waals surface area contributed by atoms with E-state index in [0.717, 1.165) is 10.1 Å². The first-order valence-corrected chi connectivity index (χ1v) is 5.25. The van der Waals surface area contributed by atoms with Crippen LogP contribution in [0.3, 0.4) is 0 Å². The Morgan fingerprint density at radius 2 is 2.13 bits per heavy atom. The first-order valence-electron chi connectivity index (χ1n) is 4.37. The number of carbonyl (C=O) groups is 1. The Hall–Kier alpha value is -1.52. The molecule has 76 valence electrons. The molecule has 0 amide bonds. The number of carbonyl (C=O) groups excluding carboxylic acids is 1. The Balaban J connectivity index is 2.42. The van der Waals surface area contributed by atoms with E-state index in [-0.39, 0.29) is 0 Å². The summed E-state index contributed by atoms with van der Waals surface area (Å²) < 4.78 is 1.13. The maximum atomic E-state index is 11.3. The van der Waals surface area contributed by atoms with Crippen LogP contribution >= 0.6 is 11.3 Å². The van der Waals surface area contributed by atoms with Gasteiger partial charge in [0.25, 0.3) is 0 Å². The molecule has 3 nitrogen and oxygen atoms in total. The van der Waals surface area contributed by atoms with Crippen LogP contribution in [-0.2, 0) is 9.78 Å².